The van der Waals surface area contributed by atoms with Gasteiger partial charge in [0, 0.05) is 50.9 Å². The molecule has 3 rings (SSSR count). The Bertz CT molecular complexity index is 2820. The third-order valence-electron chi connectivity index (χ3n) is 19.5. The van der Waals surface area contributed by atoms with Crippen LogP contribution >= 0.6 is 0 Å². The molecule has 0 fully saturated rings. The Morgan fingerprint density at radius 2 is 0.546 bits per heavy atom. The Kier molecular flexibility index (Phi) is 56.7. The van der Waals surface area contributed by atoms with Crippen molar-refractivity contribution in [2.75, 3.05) is 79.2 Å². The summed E-state index contributed by atoms with van der Waals surface area (Å²) in [5, 5.41) is 5.27. The van der Waals surface area contributed by atoms with E-state index in [9.17, 15) is 22.8 Å². The molecular weight excluding hydrogens is 1480 g/mol. The number of carbonyl (C=O) groups is 2. The molecule has 0 saturated carbocycles. The van der Waals surface area contributed by atoms with Crippen LogP contribution in [0.25, 0.3) is 0 Å². The number of aromatic nitrogens is 1. The lowest BCUT2D eigenvalue weighted by Crippen LogP contribution is -2.41. The highest BCUT2D eigenvalue weighted by molar-refractivity contribution is 6.35. The molecule has 119 heavy (non-hydrogen) atoms. The van der Waals surface area contributed by atoms with E-state index >= 15 is 0 Å². The molecule has 0 saturated heterocycles. The second-order valence-corrected chi connectivity index (χ2v) is 50.6. The Labute approximate surface area is 737 Å². The summed E-state index contributed by atoms with van der Waals surface area (Å²) in [6.45, 7) is 102. The van der Waals surface area contributed by atoms with E-state index in [0.29, 0.717) is 94.7 Å². The van der Waals surface area contributed by atoms with Crippen LogP contribution in [-0.2, 0) is 46.1 Å². The lowest BCUT2D eigenvalue weighted by molar-refractivity contribution is -0.208. The molecule has 2 aromatic carbocycles. The van der Waals surface area contributed by atoms with E-state index in [2.05, 4.69) is 346 Å². The van der Waals surface area contributed by atoms with Gasteiger partial charge in [-0.3, -0.25) is 14.6 Å². The highest BCUT2D eigenvalue weighted by Gasteiger charge is 2.48. The Hall–Kier alpha value is -3.88. The Morgan fingerprint density at radius 3 is 0.739 bits per heavy atom. The summed E-state index contributed by atoms with van der Waals surface area (Å²) >= 11 is 0. The third kappa shape index (κ3) is 82.2. The molecule has 1 aromatic heterocycles. The van der Waals surface area contributed by atoms with E-state index in [1.165, 1.54) is 48.2 Å². The van der Waals surface area contributed by atoms with Crippen LogP contribution in [0.2, 0.25) is 0 Å². The molecule has 0 spiro atoms. The van der Waals surface area contributed by atoms with Crippen LogP contribution in [0, 0.1) is 87.6 Å². The fraction of sp³-hybridized carbons (Fsp3) is 0.821. The molecule has 3 atom stereocenters. The average molecular weight is 1680 g/mol. The van der Waals surface area contributed by atoms with Gasteiger partial charge in [0.05, 0.1) is 45.6 Å². The highest BCUT2D eigenvalue weighted by Crippen LogP contribution is 2.53. The lowest BCUT2D eigenvalue weighted by atomic mass is 9.60. The molecule has 13 heteroatoms. The number of halogens is 3. The van der Waals surface area contributed by atoms with Gasteiger partial charge in [-0.25, -0.2) is 0 Å². The SMILES string of the molecule is CC(C)(C)C(c1ccccc1)[C@H](c1ccccc1)C(C)(C)C.CC(C)(C)CC(C(C)(C)C)C(F)(F)F.CC(C)(C)CCNC(=O)C(=O)NCCC(C)(C)C.CC(C)(C)CCOCCOCCC(C)(C)C.CC(C)(C)CCOCCOCCOCCC(C)(C)C.CC(C)(C)Cc1cccc(CC(C)(C)C)n1.CC(CCC(C)(C)C)CCC(C)(C)C. The van der Waals surface area contributed by atoms with Crippen LogP contribution in [-0.4, -0.2) is 102 Å². The first-order valence-electron chi connectivity index (χ1n) is 45.8. The topological polar surface area (TPSA) is 117 Å². The largest absolute Gasteiger partial charge is 0.392 e. The number of alkyl halides is 3. The summed E-state index contributed by atoms with van der Waals surface area (Å²) in [4.78, 5) is 27.7. The third-order valence-corrected chi connectivity index (χ3v) is 19.5. The number of nitrogens with one attached hydrogen (secondary N) is 2. The number of amides is 2. The van der Waals surface area contributed by atoms with E-state index in [0.717, 1.165) is 96.9 Å². The standard InChI is InChI=1S/C22H30.C16H34O3.C15H25N.C14H28N2O2.C14H30O2.C14H30.C11H21F3/c1-21(2,3)19(17-13-9-7-10-14-17)20(22(4,5)6)18-15-11-8-12-16-18;1-15(2,3)7-9-17-11-13-19-14-12-18-10-8-16(4,5)6;1-14(2,3)10-12-8-7-9-13(16-12)11-15(4,5)6;1-13(2,3)7-9-15-11(17)12(18)16-10-8-14(4,5)6;1-13(2,3)7-9-15-11-12-16-10-8-14(4,5)6;1-12(8-10-13(2,3)4)9-11-14(5,6)7;1-9(2,3)7-8(10(4,5)6)11(12,13)14/h7-16,19-20H,1-6H3;7-14H2,1-6H3;7-9H,10-11H2,1-6H3;7-10H2,1-6H3,(H,15,17)(H,16,18);7-12H2,1-6H3;12H,8-11H2,1-7H3;8H,7H2,1-6H3/t19-,20?;;;;;;/m0....../s1. The van der Waals surface area contributed by atoms with Gasteiger partial charge in [-0.2, -0.15) is 13.2 Å². The number of nitrogens with zero attached hydrogens (tertiary/aromatic N) is 1. The van der Waals surface area contributed by atoms with E-state index in [1.807, 2.05) is 20.8 Å². The fourth-order valence-corrected chi connectivity index (χ4v) is 12.2. The highest BCUT2D eigenvalue weighted by atomic mass is 19.4. The van der Waals surface area contributed by atoms with Gasteiger partial charge < -0.3 is 34.3 Å². The predicted molar refractivity (Wildman–Crippen MR) is 512 cm³/mol. The molecule has 0 aliphatic heterocycles. The van der Waals surface area contributed by atoms with Crippen molar-refractivity contribution in [2.45, 2.75) is 399 Å². The van der Waals surface area contributed by atoms with Gasteiger partial charge in [-0.05, 0) is 187 Å². The van der Waals surface area contributed by atoms with Gasteiger partial charge in [-0.1, -0.05) is 377 Å². The quantitative estimate of drug-likeness (QED) is 0.0483. The molecule has 2 N–H and O–H groups in total. The maximum atomic E-state index is 12.7. The first-order valence-corrected chi connectivity index (χ1v) is 45.8. The van der Waals surface area contributed by atoms with Gasteiger partial charge in [-0.15, -0.1) is 0 Å². The zero-order valence-electron chi connectivity index (χ0n) is 86.4. The van der Waals surface area contributed by atoms with Crippen LogP contribution in [0.1, 0.15) is 403 Å². The lowest BCUT2D eigenvalue weighted by Gasteiger charge is -2.44. The zero-order chi connectivity index (χ0) is 93.8. The van der Waals surface area contributed by atoms with Crippen LogP contribution in [0.15, 0.2) is 78.9 Å². The van der Waals surface area contributed by atoms with E-state index < -0.39 is 29.3 Å². The average Bonchev–Trinajstić information content (AvgIpc) is 0.786. The second-order valence-electron chi connectivity index (χ2n) is 50.6. The van der Waals surface area contributed by atoms with Crippen molar-refractivity contribution in [1.29, 1.82) is 0 Å². The van der Waals surface area contributed by atoms with Gasteiger partial charge in [0.25, 0.3) is 0 Å². The summed E-state index contributed by atoms with van der Waals surface area (Å²) in [5.74, 6) is -0.433. The van der Waals surface area contributed by atoms with Crippen molar-refractivity contribution in [3.8, 4) is 0 Å². The monoisotopic (exact) mass is 1680 g/mol. The van der Waals surface area contributed by atoms with Crippen molar-refractivity contribution >= 4 is 11.8 Å². The molecule has 0 aliphatic rings. The maximum Gasteiger partial charge on any atom is 0.392 e. The minimum Gasteiger partial charge on any atom is -0.379 e. The minimum absolute atomic E-state index is 0.163. The molecule has 0 aliphatic carbocycles. The van der Waals surface area contributed by atoms with Crippen molar-refractivity contribution in [3.05, 3.63) is 101 Å². The van der Waals surface area contributed by atoms with Crippen LogP contribution in [0.3, 0.4) is 0 Å². The van der Waals surface area contributed by atoms with E-state index in [4.69, 9.17) is 28.7 Å². The minimum atomic E-state index is -4.09. The fourth-order valence-electron chi connectivity index (χ4n) is 12.2. The van der Waals surface area contributed by atoms with Gasteiger partial charge in [0.2, 0.25) is 0 Å². The predicted octanol–water partition coefficient (Wildman–Crippen LogP) is 30.7. The number of hydrogen-bond donors (Lipinski definition) is 2. The van der Waals surface area contributed by atoms with Crippen LogP contribution in [0.4, 0.5) is 13.2 Å². The molecule has 2 unspecified atom stereocenters. The Balaban J connectivity index is -0.000000652. The number of pyridine rings is 1. The summed E-state index contributed by atoms with van der Waals surface area (Å²) in [6.07, 6.45) is 9.77. The van der Waals surface area contributed by atoms with E-state index in [-0.39, 0.29) is 33.5 Å². The Morgan fingerprint density at radius 1 is 0.303 bits per heavy atom. The van der Waals surface area contributed by atoms with Crippen LogP contribution in [0.5, 0.6) is 0 Å². The smallest absolute Gasteiger partial charge is 0.379 e. The summed E-state index contributed by atoms with van der Waals surface area (Å²) in [6, 6.07) is 28.4. The molecule has 3 aromatic rings. The zero-order valence-corrected chi connectivity index (χ0v) is 86.4. The van der Waals surface area contributed by atoms with Crippen molar-refractivity contribution in [1.82, 2.24) is 15.6 Å². The number of ether oxygens (including phenoxy) is 5. The number of hydrogen-bond acceptors (Lipinski definition) is 8. The van der Waals surface area contributed by atoms with Crippen molar-refractivity contribution in [3.63, 3.8) is 0 Å². The molecular formula is C106H198F3N3O7. The molecule has 700 valence electrons. The van der Waals surface area contributed by atoms with E-state index in [1.54, 1.807) is 20.8 Å². The summed E-state index contributed by atoms with van der Waals surface area (Å²) < 4.78 is 65.8. The summed E-state index contributed by atoms with van der Waals surface area (Å²) in [5.41, 5.74) is 8.13. The number of carbonyl (C=O) groups excluding carboxylic acids is 2. The normalized spacial score (nSPS) is 13.8. The van der Waals surface area contributed by atoms with Crippen molar-refractivity contribution < 1.29 is 46.4 Å². The number of rotatable bonds is 31. The second kappa shape index (κ2) is 55.6. The molecule has 0 radical (unpaired) electrons. The number of benzene rings is 2. The van der Waals surface area contributed by atoms with Gasteiger partial charge in [0.15, 0.2) is 0 Å². The molecule has 0 bridgehead atoms. The molecule has 1 heterocycles. The molecule has 10 nitrogen and oxygen atoms in total. The first-order chi connectivity index (χ1) is 53.2. The van der Waals surface area contributed by atoms with Gasteiger partial charge >= 0.3 is 18.0 Å². The maximum absolute atomic E-state index is 12.7. The summed E-state index contributed by atoms with van der Waals surface area (Å²) in [7, 11) is 0. The first kappa shape index (κ1) is 121. The van der Waals surface area contributed by atoms with Gasteiger partial charge in [0.1, 0.15) is 0 Å². The van der Waals surface area contributed by atoms with Crippen LogP contribution < -0.4 is 10.6 Å². The molecule has 2 amide bonds. The van der Waals surface area contributed by atoms with Crippen molar-refractivity contribution in [2.24, 2.45) is 87.6 Å².